The van der Waals surface area contributed by atoms with E-state index in [1.807, 2.05) is 36.4 Å². The number of thiocarbonyl (C=S) groups is 1. The Morgan fingerprint density at radius 2 is 2.12 bits per heavy atom. The van der Waals surface area contributed by atoms with E-state index >= 15 is 0 Å². The molecule has 1 aromatic carbocycles. The van der Waals surface area contributed by atoms with Crippen LogP contribution in [-0.2, 0) is 6.54 Å². The second kappa shape index (κ2) is 6.64. The zero-order valence-electron chi connectivity index (χ0n) is 13.9. The van der Waals surface area contributed by atoms with E-state index in [0.717, 1.165) is 30.3 Å². The van der Waals surface area contributed by atoms with Gasteiger partial charge in [0.2, 0.25) is 0 Å². The fourth-order valence-electron chi connectivity index (χ4n) is 3.24. The van der Waals surface area contributed by atoms with Gasteiger partial charge in [-0.2, -0.15) is 0 Å². The molecule has 5 nitrogen and oxygen atoms in total. The molecular formula is C19H19N3O2S. The third-order valence-electron chi connectivity index (χ3n) is 4.43. The Balaban J connectivity index is 1.62. The van der Waals surface area contributed by atoms with Crippen LogP contribution in [0.5, 0.6) is 5.75 Å². The number of ether oxygens (including phenoxy) is 1. The number of hydrogen-bond donors (Lipinski definition) is 1. The quantitative estimate of drug-likeness (QED) is 0.724. The van der Waals surface area contributed by atoms with Crippen LogP contribution in [0.1, 0.15) is 17.5 Å². The van der Waals surface area contributed by atoms with Crippen LogP contribution in [0.3, 0.4) is 0 Å². The van der Waals surface area contributed by atoms with Crippen LogP contribution in [0.2, 0.25) is 0 Å². The molecule has 0 aliphatic carbocycles. The van der Waals surface area contributed by atoms with Crippen LogP contribution in [0.25, 0.3) is 0 Å². The van der Waals surface area contributed by atoms with Crippen molar-refractivity contribution >= 4 is 23.0 Å². The molecule has 6 heteroatoms. The molecule has 1 aliphatic rings. The zero-order chi connectivity index (χ0) is 17.2. The Labute approximate surface area is 151 Å². The van der Waals surface area contributed by atoms with E-state index in [2.05, 4.69) is 33.1 Å². The summed E-state index contributed by atoms with van der Waals surface area (Å²) in [7, 11) is 1.66. The molecule has 128 valence electrons. The molecule has 0 saturated carbocycles. The average Bonchev–Trinajstić information content (AvgIpc) is 3.32. The van der Waals surface area contributed by atoms with Gasteiger partial charge in [0.15, 0.2) is 5.11 Å². The number of nitrogens with one attached hydrogen (secondary N) is 1. The van der Waals surface area contributed by atoms with Crippen molar-refractivity contribution in [3.8, 4) is 5.75 Å². The molecule has 0 bridgehead atoms. The Bertz CT molecular complexity index is 872. The predicted molar refractivity (Wildman–Crippen MR) is 101 cm³/mol. The van der Waals surface area contributed by atoms with Crippen molar-refractivity contribution in [3.05, 3.63) is 72.4 Å². The maximum Gasteiger partial charge on any atom is 0.174 e. The van der Waals surface area contributed by atoms with E-state index in [-0.39, 0.29) is 6.04 Å². The van der Waals surface area contributed by atoms with E-state index in [1.165, 1.54) is 5.69 Å². The Kier molecular flexibility index (Phi) is 4.19. The largest absolute Gasteiger partial charge is 0.497 e. The van der Waals surface area contributed by atoms with E-state index < -0.39 is 0 Å². The molecule has 1 aliphatic heterocycles. The van der Waals surface area contributed by atoms with Gasteiger partial charge in [-0.1, -0.05) is 6.07 Å². The van der Waals surface area contributed by atoms with Crippen LogP contribution in [0.4, 0.5) is 5.69 Å². The summed E-state index contributed by atoms with van der Waals surface area (Å²) in [5.74, 6) is 1.68. The van der Waals surface area contributed by atoms with Gasteiger partial charge in [-0.15, -0.1) is 0 Å². The minimum atomic E-state index is -0.0376. The summed E-state index contributed by atoms with van der Waals surface area (Å²) in [5, 5.41) is 4.00. The number of hydrogen-bond acceptors (Lipinski definition) is 3. The number of benzene rings is 1. The van der Waals surface area contributed by atoms with E-state index in [1.54, 1.807) is 13.4 Å². The lowest BCUT2D eigenvalue weighted by Gasteiger charge is -2.37. The third kappa shape index (κ3) is 3.00. The molecule has 1 atom stereocenters. The van der Waals surface area contributed by atoms with Gasteiger partial charge in [-0.05, 0) is 48.6 Å². The first-order chi connectivity index (χ1) is 12.3. The summed E-state index contributed by atoms with van der Waals surface area (Å²) in [5.41, 5.74) is 2.08. The molecule has 3 heterocycles. The minimum Gasteiger partial charge on any atom is -0.497 e. The van der Waals surface area contributed by atoms with Crippen LogP contribution in [-0.4, -0.2) is 28.2 Å². The number of anilines is 1. The van der Waals surface area contributed by atoms with Gasteiger partial charge in [0.25, 0.3) is 0 Å². The van der Waals surface area contributed by atoms with Crippen molar-refractivity contribution in [1.82, 2.24) is 9.47 Å². The lowest BCUT2D eigenvalue weighted by molar-refractivity contribution is 0.261. The highest BCUT2D eigenvalue weighted by Gasteiger charge is 2.32. The highest BCUT2D eigenvalue weighted by Crippen LogP contribution is 2.33. The highest BCUT2D eigenvalue weighted by atomic mass is 32.1. The van der Waals surface area contributed by atoms with Crippen LogP contribution < -0.4 is 10.1 Å². The van der Waals surface area contributed by atoms with Crippen LogP contribution >= 0.6 is 12.2 Å². The Morgan fingerprint density at radius 3 is 2.92 bits per heavy atom. The highest BCUT2D eigenvalue weighted by molar-refractivity contribution is 7.80. The fourth-order valence-corrected chi connectivity index (χ4v) is 3.56. The van der Waals surface area contributed by atoms with Crippen molar-refractivity contribution in [2.45, 2.75) is 12.6 Å². The molecule has 1 unspecified atom stereocenters. The standard InChI is InChI=1S/C19H19N3O2S/c1-23-15-6-2-5-14(13-15)20-19(25)22-11-10-21-9-3-7-16(21)18(22)17-8-4-12-24-17/h2-9,12-13,18H,10-11H2,1H3,(H,20,25). The number of fused-ring (bicyclic) bond motifs is 1. The first kappa shape index (κ1) is 15.8. The maximum absolute atomic E-state index is 5.71. The van der Waals surface area contributed by atoms with Gasteiger partial charge in [-0.3, -0.25) is 0 Å². The van der Waals surface area contributed by atoms with Crippen molar-refractivity contribution < 1.29 is 9.15 Å². The fraction of sp³-hybridized carbons (Fsp3) is 0.211. The minimum absolute atomic E-state index is 0.0376. The third-order valence-corrected chi connectivity index (χ3v) is 4.77. The molecule has 3 aromatic rings. The first-order valence-corrected chi connectivity index (χ1v) is 8.57. The van der Waals surface area contributed by atoms with E-state index in [4.69, 9.17) is 21.4 Å². The van der Waals surface area contributed by atoms with Crippen LogP contribution in [0.15, 0.2) is 65.4 Å². The molecule has 0 radical (unpaired) electrons. The van der Waals surface area contributed by atoms with Crippen molar-refractivity contribution in [2.24, 2.45) is 0 Å². The Morgan fingerprint density at radius 1 is 1.20 bits per heavy atom. The molecule has 4 rings (SSSR count). The van der Waals surface area contributed by atoms with E-state index in [0.29, 0.717) is 5.11 Å². The van der Waals surface area contributed by atoms with Gasteiger partial charge in [0.05, 0.1) is 13.4 Å². The van der Waals surface area contributed by atoms with Crippen molar-refractivity contribution in [3.63, 3.8) is 0 Å². The zero-order valence-corrected chi connectivity index (χ0v) is 14.7. The second-order valence-electron chi connectivity index (χ2n) is 5.90. The van der Waals surface area contributed by atoms with Gasteiger partial charge >= 0.3 is 0 Å². The number of nitrogens with zero attached hydrogens (tertiary/aromatic N) is 2. The smallest absolute Gasteiger partial charge is 0.174 e. The second-order valence-corrected chi connectivity index (χ2v) is 6.29. The summed E-state index contributed by atoms with van der Waals surface area (Å²) in [6, 6.07) is 15.8. The monoisotopic (exact) mass is 353 g/mol. The molecule has 0 fully saturated rings. The normalized spacial score (nSPS) is 16.4. The lowest BCUT2D eigenvalue weighted by atomic mass is 10.1. The SMILES string of the molecule is COc1cccc(NC(=S)N2CCn3cccc3C2c2ccco2)c1. The van der Waals surface area contributed by atoms with Gasteiger partial charge in [-0.25, -0.2) is 0 Å². The topological polar surface area (TPSA) is 42.6 Å². The summed E-state index contributed by atoms with van der Waals surface area (Å²) in [4.78, 5) is 2.17. The molecule has 0 spiro atoms. The Hall–Kier alpha value is -2.73. The van der Waals surface area contributed by atoms with Crippen LogP contribution in [0, 0.1) is 0 Å². The van der Waals surface area contributed by atoms with Gasteiger partial charge in [0, 0.05) is 36.7 Å². The van der Waals surface area contributed by atoms with Crippen molar-refractivity contribution in [1.29, 1.82) is 0 Å². The molecule has 1 N–H and O–H groups in total. The summed E-state index contributed by atoms with van der Waals surface area (Å²) >= 11 is 5.71. The summed E-state index contributed by atoms with van der Waals surface area (Å²) < 4.78 is 13.2. The summed E-state index contributed by atoms with van der Waals surface area (Å²) in [6.45, 7) is 1.70. The molecular weight excluding hydrogens is 334 g/mol. The maximum atomic E-state index is 5.71. The number of aromatic nitrogens is 1. The molecule has 0 amide bonds. The van der Waals surface area contributed by atoms with Gasteiger partial charge < -0.3 is 23.9 Å². The lowest BCUT2D eigenvalue weighted by Crippen LogP contribution is -2.44. The number of methoxy groups -OCH3 is 1. The molecule has 2 aromatic heterocycles. The van der Waals surface area contributed by atoms with Crippen molar-refractivity contribution in [2.75, 3.05) is 19.0 Å². The predicted octanol–water partition coefficient (Wildman–Crippen LogP) is 3.89. The number of rotatable bonds is 3. The van der Waals surface area contributed by atoms with E-state index in [9.17, 15) is 0 Å². The first-order valence-electron chi connectivity index (χ1n) is 8.16. The number of furan rings is 1. The molecule has 0 saturated heterocycles. The summed E-state index contributed by atoms with van der Waals surface area (Å²) in [6.07, 6.45) is 3.80. The van der Waals surface area contributed by atoms with Gasteiger partial charge in [0.1, 0.15) is 17.6 Å². The molecule has 25 heavy (non-hydrogen) atoms. The average molecular weight is 353 g/mol.